The summed E-state index contributed by atoms with van der Waals surface area (Å²) in [6.07, 6.45) is 2.36. The van der Waals surface area contributed by atoms with E-state index in [1.807, 2.05) is 30.3 Å². The zero-order chi connectivity index (χ0) is 14.4. The molecule has 108 valence electrons. The van der Waals surface area contributed by atoms with E-state index < -0.39 is 0 Å². The summed E-state index contributed by atoms with van der Waals surface area (Å²) in [6, 6.07) is 9.83. The number of nitrogens with zero attached hydrogens (tertiary/aromatic N) is 2. The van der Waals surface area contributed by atoms with Crippen LogP contribution in [0.3, 0.4) is 0 Å². The monoisotopic (exact) mass is 273 g/mol. The van der Waals surface area contributed by atoms with Crippen LogP contribution in [0.5, 0.6) is 0 Å². The molecule has 0 aliphatic rings. The first kappa shape index (κ1) is 14.7. The second-order valence-electron chi connectivity index (χ2n) is 6.21. The van der Waals surface area contributed by atoms with Crippen molar-refractivity contribution in [2.75, 3.05) is 6.54 Å². The number of nitrogens with one attached hydrogen (secondary N) is 1. The molecule has 0 bridgehead atoms. The molecule has 0 atom stereocenters. The highest BCUT2D eigenvalue weighted by Crippen LogP contribution is 2.20. The molecule has 0 aliphatic carbocycles. The van der Waals surface area contributed by atoms with Gasteiger partial charge in [-0.3, -0.25) is 0 Å². The molecule has 20 heavy (non-hydrogen) atoms. The fourth-order valence-corrected chi connectivity index (χ4v) is 1.96. The van der Waals surface area contributed by atoms with E-state index in [1.165, 1.54) is 6.42 Å². The number of aromatic nitrogens is 2. The molecule has 0 radical (unpaired) electrons. The lowest BCUT2D eigenvalue weighted by atomic mass is 9.91. The first-order valence-electron chi connectivity index (χ1n) is 7.13. The molecule has 0 spiro atoms. The van der Waals surface area contributed by atoms with Crippen molar-refractivity contribution < 1.29 is 4.42 Å². The number of rotatable bonds is 6. The van der Waals surface area contributed by atoms with Crippen molar-refractivity contribution in [3.8, 4) is 11.5 Å². The van der Waals surface area contributed by atoms with Gasteiger partial charge in [0.25, 0.3) is 0 Å². The first-order chi connectivity index (χ1) is 9.54. The quantitative estimate of drug-likeness (QED) is 0.816. The summed E-state index contributed by atoms with van der Waals surface area (Å²) in [7, 11) is 0. The molecule has 0 amide bonds. The van der Waals surface area contributed by atoms with Crippen LogP contribution in [0.4, 0.5) is 0 Å². The van der Waals surface area contributed by atoms with Gasteiger partial charge in [-0.1, -0.05) is 39.0 Å². The molecular formula is C16H23N3O. The van der Waals surface area contributed by atoms with Gasteiger partial charge in [0.1, 0.15) is 0 Å². The van der Waals surface area contributed by atoms with Gasteiger partial charge in [0, 0.05) is 5.56 Å². The predicted octanol–water partition coefficient (Wildman–Crippen LogP) is 3.65. The number of hydrogen-bond acceptors (Lipinski definition) is 4. The van der Waals surface area contributed by atoms with Crippen molar-refractivity contribution in [1.82, 2.24) is 15.5 Å². The molecule has 0 unspecified atom stereocenters. The fraction of sp³-hybridized carbons (Fsp3) is 0.500. The molecule has 0 saturated carbocycles. The Morgan fingerprint density at radius 2 is 1.85 bits per heavy atom. The van der Waals surface area contributed by atoms with E-state index in [2.05, 4.69) is 36.3 Å². The molecule has 2 rings (SSSR count). The Labute approximate surface area is 120 Å². The summed E-state index contributed by atoms with van der Waals surface area (Å²) >= 11 is 0. The van der Waals surface area contributed by atoms with Gasteiger partial charge in [-0.2, -0.15) is 0 Å². The summed E-state index contributed by atoms with van der Waals surface area (Å²) in [6.45, 7) is 8.38. The molecule has 1 heterocycles. The van der Waals surface area contributed by atoms with E-state index in [0.717, 1.165) is 18.5 Å². The van der Waals surface area contributed by atoms with E-state index in [1.54, 1.807) is 0 Å². The van der Waals surface area contributed by atoms with Gasteiger partial charge in [0.05, 0.1) is 6.54 Å². The minimum absolute atomic E-state index is 0.395. The van der Waals surface area contributed by atoms with Gasteiger partial charge in [0.15, 0.2) is 0 Å². The molecule has 0 fully saturated rings. The van der Waals surface area contributed by atoms with Crippen LogP contribution in [0.2, 0.25) is 0 Å². The normalized spacial score (nSPS) is 11.8. The highest BCUT2D eigenvalue weighted by atomic mass is 16.4. The molecule has 1 aromatic heterocycles. The smallest absolute Gasteiger partial charge is 0.247 e. The summed E-state index contributed by atoms with van der Waals surface area (Å²) in [5.41, 5.74) is 1.35. The Kier molecular flexibility index (Phi) is 4.90. The van der Waals surface area contributed by atoms with Crippen LogP contribution < -0.4 is 5.32 Å². The lowest BCUT2D eigenvalue weighted by Gasteiger charge is -2.17. The standard InChI is InChI=1S/C16H23N3O/c1-16(2,3)10-7-11-17-12-14-18-19-15(20-14)13-8-5-4-6-9-13/h4-6,8-9,17H,7,10-12H2,1-3H3. The average molecular weight is 273 g/mol. The zero-order valence-electron chi connectivity index (χ0n) is 12.5. The molecule has 0 aliphatic heterocycles. The van der Waals surface area contributed by atoms with Crippen molar-refractivity contribution in [1.29, 1.82) is 0 Å². The van der Waals surface area contributed by atoms with Crippen LogP contribution in [0.1, 0.15) is 39.5 Å². The Balaban J connectivity index is 1.76. The number of hydrogen-bond donors (Lipinski definition) is 1. The molecular weight excluding hydrogens is 250 g/mol. The second kappa shape index (κ2) is 6.66. The van der Waals surface area contributed by atoms with Crippen LogP contribution in [-0.2, 0) is 6.54 Å². The third-order valence-electron chi connectivity index (χ3n) is 3.04. The topological polar surface area (TPSA) is 51.0 Å². The van der Waals surface area contributed by atoms with Gasteiger partial charge >= 0.3 is 0 Å². The third-order valence-corrected chi connectivity index (χ3v) is 3.04. The Hall–Kier alpha value is -1.68. The van der Waals surface area contributed by atoms with Gasteiger partial charge in [-0.05, 0) is 36.9 Å². The van der Waals surface area contributed by atoms with E-state index in [-0.39, 0.29) is 0 Å². The van der Waals surface area contributed by atoms with E-state index >= 15 is 0 Å². The average Bonchev–Trinajstić information content (AvgIpc) is 2.87. The van der Waals surface area contributed by atoms with Crippen molar-refractivity contribution in [2.24, 2.45) is 5.41 Å². The summed E-state index contributed by atoms with van der Waals surface area (Å²) in [4.78, 5) is 0. The fourth-order valence-electron chi connectivity index (χ4n) is 1.96. The van der Waals surface area contributed by atoms with E-state index in [0.29, 0.717) is 23.7 Å². The van der Waals surface area contributed by atoms with Crippen molar-refractivity contribution >= 4 is 0 Å². The molecule has 1 aromatic carbocycles. The van der Waals surface area contributed by atoms with E-state index in [4.69, 9.17) is 4.42 Å². The van der Waals surface area contributed by atoms with Crippen molar-refractivity contribution in [2.45, 2.75) is 40.2 Å². The minimum Gasteiger partial charge on any atom is -0.419 e. The molecule has 1 N–H and O–H groups in total. The maximum Gasteiger partial charge on any atom is 0.247 e. The second-order valence-corrected chi connectivity index (χ2v) is 6.21. The number of benzene rings is 1. The molecule has 2 aromatic rings. The van der Waals surface area contributed by atoms with Gasteiger partial charge in [0.2, 0.25) is 11.8 Å². The summed E-state index contributed by atoms with van der Waals surface area (Å²) in [5.74, 6) is 1.22. The SMILES string of the molecule is CC(C)(C)CCCNCc1nnc(-c2ccccc2)o1. The maximum absolute atomic E-state index is 5.63. The lowest BCUT2D eigenvalue weighted by Crippen LogP contribution is -2.17. The minimum atomic E-state index is 0.395. The van der Waals surface area contributed by atoms with Gasteiger partial charge in [-0.25, -0.2) is 0 Å². The van der Waals surface area contributed by atoms with Gasteiger partial charge < -0.3 is 9.73 Å². The Morgan fingerprint density at radius 1 is 1.10 bits per heavy atom. The Morgan fingerprint density at radius 3 is 2.55 bits per heavy atom. The molecule has 4 nitrogen and oxygen atoms in total. The highest BCUT2D eigenvalue weighted by molar-refractivity contribution is 5.51. The lowest BCUT2D eigenvalue weighted by molar-refractivity contribution is 0.358. The zero-order valence-corrected chi connectivity index (χ0v) is 12.5. The van der Waals surface area contributed by atoms with Crippen LogP contribution in [0.15, 0.2) is 34.7 Å². The largest absolute Gasteiger partial charge is 0.419 e. The predicted molar refractivity (Wildman–Crippen MR) is 80.1 cm³/mol. The molecule has 4 heteroatoms. The van der Waals surface area contributed by atoms with Gasteiger partial charge in [-0.15, -0.1) is 10.2 Å². The van der Waals surface area contributed by atoms with E-state index in [9.17, 15) is 0 Å². The Bertz CT molecular complexity index is 514. The van der Waals surface area contributed by atoms with Crippen LogP contribution >= 0.6 is 0 Å². The van der Waals surface area contributed by atoms with Crippen molar-refractivity contribution in [3.05, 3.63) is 36.2 Å². The molecule has 0 saturated heterocycles. The van der Waals surface area contributed by atoms with Crippen LogP contribution in [0.25, 0.3) is 11.5 Å². The van der Waals surface area contributed by atoms with Crippen LogP contribution in [0, 0.1) is 5.41 Å². The third kappa shape index (κ3) is 4.78. The van der Waals surface area contributed by atoms with Crippen molar-refractivity contribution in [3.63, 3.8) is 0 Å². The summed E-state index contributed by atoms with van der Waals surface area (Å²) < 4.78 is 5.63. The summed E-state index contributed by atoms with van der Waals surface area (Å²) in [5, 5.41) is 11.5. The first-order valence-corrected chi connectivity index (χ1v) is 7.13. The maximum atomic E-state index is 5.63. The highest BCUT2D eigenvalue weighted by Gasteiger charge is 2.10. The van der Waals surface area contributed by atoms with Crippen LogP contribution in [-0.4, -0.2) is 16.7 Å².